The number of pyridine rings is 1. The quantitative estimate of drug-likeness (QED) is 0.148. The van der Waals surface area contributed by atoms with Crippen LogP contribution >= 0.6 is 0 Å². The van der Waals surface area contributed by atoms with E-state index in [0.29, 0.717) is 65.7 Å². The highest BCUT2D eigenvalue weighted by Crippen LogP contribution is 2.52. The van der Waals surface area contributed by atoms with Crippen molar-refractivity contribution in [1.82, 2.24) is 35.2 Å². The van der Waals surface area contributed by atoms with Gasteiger partial charge in [0, 0.05) is 67.8 Å². The molecule has 3 amide bonds. The second kappa shape index (κ2) is 17.4. The molecule has 3 aromatic rings. The van der Waals surface area contributed by atoms with Crippen LogP contribution in [0.15, 0.2) is 49.2 Å². The van der Waals surface area contributed by atoms with E-state index in [2.05, 4.69) is 27.4 Å². The number of alkyl carbamates (subject to hydrolysis) is 1. The number of ether oxygens (including phenoxy) is 4. The smallest absolute Gasteiger partial charge is 0.408 e. The molecule has 5 fully saturated rings. The Morgan fingerprint density at radius 3 is 2.48 bits per heavy atom. The predicted octanol–water partition coefficient (Wildman–Crippen LogP) is 4.39. The van der Waals surface area contributed by atoms with Crippen molar-refractivity contribution in [3.8, 4) is 17.3 Å². The molecule has 5 aliphatic rings. The van der Waals surface area contributed by atoms with Crippen molar-refractivity contribution in [3.05, 3.63) is 49.2 Å². The monoisotopic (exact) mass is 856 g/mol. The predicted molar refractivity (Wildman–Crippen MR) is 229 cm³/mol. The van der Waals surface area contributed by atoms with Crippen molar-refractivity contribution in [2.45, 2.75) is 103 Å². The summed E-state index contributed by atoms with van der Waals surface area (Å²) in [6.45, 7) is 17.6. The summed E-state index contributed by atoms with van der Waals surface area (Å²) in [6, 6.07) is 7.18. The summed E-state index contributed by atoms with van der Waals surface area (Å²) in [7, 11) is 0. The number of rotatable bonds is 16. The Bertz CT molecular complexity index is 2170. The topological polar surface area (TPSA) is 199 Å². The summed E-state index contributed by atoms with van der Waals surface area (Å²) >= 11 is 0. The van der Waals surface area contributed by atoms with E-state index in [-0.39, 0.29) is 31.5 Å². The molecule has 17 nitrogen and oxygen atoms in total. The number of anilines is 1. The number of fused-ring (bicyclic) bond motifs is 2. The van der Waals surface area contributed by atoms with E-state index in [4.69, 9.17) is 29.0 Å². The first-order valence-corrected chi connectivity index (χ1v) is 21.9. The molecule has 1 unspecified atom stereocenters. The van der Waals surface area contributed by atoms with Crippen molar-refractivity contribution in [2.24, 2.45) is 23.2 Å². The largest absolute Gasteiger partial charge is 0.492 e. The standard InChI is InChI=1S/C45H60N8O9/c1-7-29-24-45(29,42(56)57)49-40(54)35-22-32(25-52(35)41(55)39(44(4,5)6)48-43(58)62-31-19-27-18-28(27)20-31)61-36-23-38(53-11-10-37(50-53)46-26(2)3)47-34-21-30(8-9-33(34)36)60-17-14-51-12-15-59-16-13-51/h7-11,21,23,26-29,31-32,35,39H,1,12-20,22,24-25H2,2-6H3,(H,46,50)(H,48,58)(H,49,54)(H,56,57)/t27-,28+,29-,31?,32-,35+,39-,45-/m1/s1. The molecule has 4 heterocycles. The van der Waals surface area contributed by atoms with Crippen molar-refractivity contribution < 1.29 is 43.2 Å². The highest BCUT2D eigenvalue weighted by atomic mass is 16.6. The molecule has 4 N–H and O–H groups in total. The van der Waals surface area contributed by atoms with Gasteiger partial charge in [-0.2, -0.15) is 0 Å². The van der Waals surface area contributed by atoms with Crippen LogP contribution in [-0.4, -0.2) is 135 Å². The number of carboxylic acid groups (broad SMARTS) is 1. The molecule has 2 aliphatic heterocycles. The molecule has 3 aliphatic carbocycles. The average molecular weight is 857 g/mol. The molecule has 17 heteroatoms. The third-order valence-corrected chi connectivity index (χ3v) is 12.8. The van der Waals surface area contributed by atoms with E-state index in [0.717, 1.165) is 32.5 Å². The first-order chi connectivity index (χ1) is 29.6. The molecule has 334 valence electrons. The van der Waals surface area contributed by atoms with Crippen molar-refractivity contribution >= 4 is 40.6 Å². The molecule has 0 bridgehead atoms. The van der Waals surface area contributed by atoms with Gasteiger partial charge in [0.2, 0.25) is 11.8 Å². The number of amides is 3. The number of nitrogens with one attached hydrogen (secondary N) is 3. The van der Waals surface area contributed by atoms with E-state index in [1.165, 1.54) is 17.4 Å². The number of hydrogen-bond acceptors (Lipinski definition) is 12. The van der Waals surface area contributed by atoms with Crippen LogP contribution < -0.4 is 25.4 Å². The van der Waals surface area contributed by atoms with E-state index >= 15 is 0 Å². The lowest BCUT2D eigenvalue weighted by molar-refractivity contribution is -0.146. The Morgan fingerprint density at radius 1 is 1.05 bits per heavy atom. The molecule has 62 heavy (non-hydrogen) atoms. The lowest BCUT2D eigenvalue weighted by Gasteiger charge is -2.35. The zero-order valence-corrected chi connectivity index (χ0v) is 36.3. The number of likely N-dealkylation sites (tertiary alicyclic amines) is 1. The Labute approximate surface area is 361 Å². The molecule has 0 spiro atoms. The molecule has 3 saturated carbocycles. The second-order valence-electron chi connectivity index (χ2n) is 18.9. The number of carboxylic acids is 1. The Balaban J connectivity index is 1.07. The third kappa shape index (κ3) is 9.48. The van der Waals surface area contributed by atoms with E-state index < -0.39 is 58.9 Å². The van der Waals surface area contributed by atoms with Gasteiger partial charge >= 0.3 is 12.1 Å². The van der Waals surface area contributed by atoms with Crippen molar-refractivity contribution in [3.63, 3.8) is 0 Å². The lowest BCUT2D eigenvalue weighted by atomic mass is 9.85. The van der Waals surface area contributed by atoms with Gasteiger partial charge in [0.1, 0.15) is 53.8 Å². The second-order valence-corrected chi connectivity index (χ2v) is 18.9. The van der Waals surface area contributed by atoms with Crippen molar-refractivity contribution in [1.29, 1.82) is 0 Å². The minimum absolute atomic E-state index is 0.0245. The maximum atomic E-state index is 14.8. The number of aromatic nitrogens is 3. The fourth-order valence-corrected chi connectivity index (χ4v) is 9.16. The van der Waals surface area contributed by atoms with Gasteiger partial charge in [-0.15, -0.1) is 11.7 Å². The number of nitrogens with zero attached hydrogens (tertiary/aromatic N) is 5. The summed E-state index contributed by atoms with van der Waals surface area (Å²) in [5, 5.41) is 24.4. The van der Waals surface area contributed by atoms with Crippen LogP contribution in [0.25, 0.3) is 16.7 Å². The SMILES string of the molecule is C=C[C@@H]1C[C@]1(NC(=O)[C@@H]1C[C@@H](Oc2cc(-n3ccc(NC(C)C)n3)nc3cc(OCCN4CCOCC4)ccc23)CN1C(=O)[C@@H](NC(=O)OC1C[C@@H]2C[C@@H]2C1)C(C)(C)C)C(=O)O. The third-order valence-electron chi connectivity index (χ3n) is 12.8. The minimum Gasteiger partial charge on any atom is -0.492 e. The highest BCUT2D eigenvalue weighted by molar-refractivity contribution is 5.96. The normalized spacial score (nSPS) is 27.3. The zero-order valence-electron chi connectivity index (χ0n) is 36.3. The van der Waals surface area contributed by atoms with Crippen LogP contribution in [0.3, 0.4) is 0 Å². The molecule has 0 radical (unpaired) electrons. The lowest BCUT2D eigenvalue weighted by Crippen LogP contribution is -2.59. The maximum absolute atomic E-state index is 14.8. The van der Waals surface area contributed by atoms with Gasteiger partial charge in [0.15, 0.2) is 5.82 Å². The molecule has 2 saturated heterocycles. The summed E-state index contributed by atoms with van der Waals surface area (Å²) in [5.41, 5.74) is -1.73. The Morgan fingerprint density at radius 2 is 1.81 bits per heavy atom. The number of hydrogen-bond donors (Lipinski definition) is 4. The van der Waals surface area contributed by atoms with E-state index in [1.807, 2.05) is 58.9 Å². The van der Waals surface area contributed by atoms with Crippen LogP contribution in [0.2, 0.25) is 0 Å². The summed E-state index contributed by atoms with van der Waals surface area (Å²) in [6.07, 6.45) is 4.77. The first kappa shape index (κ1) is 43.2. The van der Waals surface area contributed by atoms with Gasteiger partial charge in [0.25, 0.3) is 0 Å². The number of morpholine rings is 1. The van der Waals surface area contributed by atoms with Gasteiger partial charge in [-0.1, -0.05) is 26.8 Å². The Hall–Kier alpha value is -5.42. The molecular weight excluding hydrogens is 797 g/mol. The first-order valence-electron chi connectivity index (χ1n) is 21.9. The van der Waals surface area contributed by atoms with Crippen molar-refractivity contribution in [2.75, 3.05) is 51.3 Å². The van der Waals surface area contributed by atoms with Crippen LogP contribution in [0, 0.1) is 23.2 Å². The fourth-order valence-electron chi connectivity index (χ4n) is 9.16. The average Bonchev–Trinajstić information content (AvgIpc) is 3.89. The van der Waals surface area contributed by atoms with Crippen LogP contribution in [0.1, 0.15) is 66.7 Å². The van der Waals surface area contributed by atoms with Crippen LogP contribution in [0.4, 0.5) is 10.6 Å². The van der Waals surface area contributed by atoms with Gasteiger partial charge in [-0.25, -0.2) is 19.3 Å². The number of benzene rings is 1. The van der Waals surface area contributed by atoms with Gasteiger partial charge in [-0.05, 0) is 68.9 Å². The van der Waals surface area contributed by atoms with E-state index in [9.17, 15) is 24.3 Å². The van der Waals surface area contributed by atoms with Crippen LogP contribution in [0.5, 0.6) is 11.5 Å². The summed E-state index contributed by atoms with van der Waals surface area (Å²) in [4.78, 5) is 63.5. The van der Waals surface area contributed by atoms with Gasteiger partial charge in [-0.3, -0.25) is 14.5 Å². The zero-order chi connectivity index (χ0) is 43.9. The van der Waals surface area contributed by atoms with Gasteiger partial charge < -0.3 is 44.9 Å². The number of carbonyl (C=O) groups is 4. The van der Waals surface area contributed by atoms with E-state index in [1.54, 1.807) is 16.9 Å². The minimum atomic E-state index is -1.52. The fraction of sp³-hybridized carbons (Fsp3) is 0.600. The highest BCUT2D eigenvalue weighted by Gasteiger charge is 2.61. The number of aliphatic carboxylic acids is 1. The number of carbonyl (C=O) groups excluding carboxylic acids is 3. The Kier molecular flexibility index (Phi) is 12.1. The molecule has 2 aromatic heterocycles. The summed E-state index contributed by atoms with van der Waals surface area (Å²) in [5.74, 6) is 0.645. The van der Waals surface area contributed by atoms with Crippen LogP contribution in [-0.2, 0) is 23.9 Å². The molecule has 1 aromatic carbocycles. The molecular formula is C45H60N8O9. The molecule has 8 atom stereocenters. The maximum Gasteiger partial charge on any atom is 0.408 e. The van der Waals surface area contributed by atoms with Gasteiger partial charge in [0.05, 0.1) is 25.3 Å². The summed E-state index contributed by atoms with van der Waals surface area (Å²) < 4.78 is 25.9. The molecule has 8 rings (SSSR count).